The van der Waals surface area contributed by atoms with Gasteiger partial charge in [0.1, 0.15) is 5.75 Å². The second-order valence-electron chi connectivity index (χ2n) is 3.04. The van der Waals surface area contributed by atoms with Crippen molar-refractivity contribution < 1.29 is 4.74 Å². The molecule has 1 rings (SSSR count). The van der Waals surface area contributed by atoms with Gasteiger partial charge in [-0.1, -0.05) is 40.2 Å². The first-order valence-electron chi connectivity index (χ1n) is 4.50. The SMILES string of the molecule is C=C(Br)CNCc1c(Cl)cccc1OC. The zero-order valence-corrected chi connectivity index (χ0v) is 10.9. The van der Waals surface area contributed by atoms with Crippen LogP contribution in [0.25, 0.3) is 0 Å². The Labute approximate surface area is 103 Å². The lowest BCUT2D eigenvalue weighted by molar-refractivity contribution is 0.408. The Kier molecular flexibility index (Phi) is 5.15. The molecule has 0 atom stereocenters. The van der Waals surface area contributed by atoms with Crippen LogP contribution >= 0.6 is 27.5 Å². The molecule has 82 valence electrons. The number of hydrogen-bond donors (Lipinski definition) is 1. The van der Waals surface area contributed by atoms with E-state index in [1.165, 1.54) is 0 Å². The Morgan fingerprint density at radius 1 is 1.60 bits per heavy atom. The fourth-order valence-corrected chi connectivity index (χ4v) is 1.66. The third-order valence-electron chi connectivity index (χ3n) is 1.91. The largest absolute Gasteiger partial charge is 0.496 e. The predicted octanol–water partition coefficient (Wildman–Crippen LogP) is 3.35. The zero-order valence-electron chi connectivity index (χ0n) is 8.52. The number of rotatable bonds is 5. The van der Waals surface area contributed by atoms with Gasteiger partial charge in [0.2, 0.25) is 0 Å². The van der Waals surface area contributed by atoms with Gasteiger partial charge in [0.05, 0.1) is 7.11 Å². The summed E-state index contributed by atoms with van der Waals surface area (Å²) >= 11 is 9.35. The molecule has 0 saturated heterocycles. The van der Waals surface area contributed by atoms with Crippen LogP contribution in [0.4, 0.5) is 0 Å². The van der Waals surface area contributed by atoms with Gasteiger partial charge in [-0.2, -0.15) is 0 Å². The minimum Gasteiger partial charge on any atom is -0.496 e. The van der Waals surface area contributed by atoms with Crippen LogP contribution in [0.2, 0.25) is 5.02 Å². The van der Waals surface area contributed by atoms with Crippen molar-refractivity contribution in [3.8, 4) is 5.75 Å². The van der Waals surface area contributed by atoms with Crippen LogP contribution in [0, 0.1) is 0 Å². The molecule has 1 aromatic carbocycles. The second kappa shape index (κ2) is 6.16. The molecule has 15 heavy (non-hydrogen) atoms. The molecule has 0 unspecified atom stereocenters. The lowest BCUT2D eigenvalue weighted by Crippen LogP contribution is -2.15. The number of benzene rings is 1. The quantitative estimate of drug-likeness (QED) is 0.898. The highest BCUT2D eigenvalue weighted by atomic mass is 79.9. The maximum Gasteiger partial charge on any atom is 0.124 e. The van der Waals surface area contributed by atoms with Crippen LogP contribution in [-0.4, -0.2) is 13.7 Å². The lowest BCUT2D eigenvalue weighted by atomic mass is 10.2. The van der Waals surface area contributed by atoms with Crippen molar-refractivity contribution >= 4 is 27.5 Å². The van der Waals surface area contributed by atoms with E-state index in [4.69, 9.17) is 16.3 Å². The van der Waals surface area contributed by atoms with E-state index in [9.17, 15) is 0 Å². The fraction of sp³-hybridized carbons (Fsp3) is 0.273. The predicted molar refractivity (Wildman–Crippen MR) is 67.8 cm³/mol. The lowest BCUT2D eigenvalue weighted by Gasteiger charge is -2.10. The normalized spacial score (nSPS) is 10.1. The van der Waals surface area contributed by atoms with Crippen LogP contribution < -0.4 is 10.1 Å². The van der Waals surface area contributed by atoms with Crippen molar-refractivity contribution in [2.24, 2.45) is 0 Å². The fourth-order valence-electron chi connectivity index (χ4n) is 1.22. The summed E-state index contributed by atoms with van der Waals surface area (Å²) in [4.78, 5) is 0. The van der Waals surface area contributed by atoms with Crippen molar-refractivity contribution in [3.05, 3.63) is 39.8 Å². The molecule has 0 spiro atoms. The van der Waals surface area contributed by atoms with E-state index in [0.717, 1.165) is 15.8 Å². The topological polar surface area (TPSA) is 21.3 Å². The van der Waals surface area contributed by atoms with Crippen LogP contribution in [0.3, 0.4) is 0 Å². The molecular formula is C11H13BrClNO. The summed E-state index contributed by atoms with van der Waals surface area (Å²) in [5.41, 5.74) is 0.968. The maximum atomic E-state index is 6.07. The highest BCUT2D eigenvalue weighted by molar-refractivity contribution is 9.11. The van der Waals surface area contributed by atoms with Crippen molar-refractivity contribution in [3.63, 3.8) is 0 Å². The highest BCUT2D eigenvalue weighted by Crippen LogP contribution is 2.25. The van der Waals surface area contributed by atoms with E-state index in [1.54, 1.807) is 7.11 Å². The maximum absolute atomic E-state index is 6.07. The van der Waals surface area contributed by atoms with E-state index in [1.807, 2.05) is 18.2 Å². The van der Waals surface area contributed by atoms with Gasteiger partial charge in [0.25, 0.3) is 0 Å². The van der Waals surface area contributed by atoms with Gasteiger partial charge in [-0.05, 0) is 12.1 Å². The first-order valence-corrected chi connectivity index (χ1v) is 5.67. The molecule has 0 saturated carbocycles. The summed E-state index contributed by atoms with van der Waals surface area (Å²) in [6.07, 6.45) is 0. The summed E-state index contributed by atoms with van der Waals surface area (Å²) in [6, 6.07) is 5.62. The van der Waals surface area contributed by atoms with E-state index >= 15 is 0 Å². The summed E-state index contributed by atoms with van der Waals surface area (Å²) in [5, 5.41) is 3.92. The van der Waals surface area contributed by atoms with E-state index in [2.05, 4.69) is 27.8 Å². The molecule has 0 radical (unpaired) electrons. The van der Waals surface area contributed by atoms with Gasteiger partial charge in [0, 0.05) is 28.2 Å². The summed E-state index contributed by atoms with van der Waals surface area (Å²) in [5.74, 6) is 0.801. The number of nitrogens with one attached hydrogen (secondary N) is 1. The van der Waals surface area contributed by atoms with Crippen molar-refractivity contribution in [2.45, 2.75) is 6.54 Å². The molecule has 0 aromatic heterocycles. The third kappa shape index (κ3) is 3.86. The minimum atomic E-state index is 0.660. The van der Waals surface area contributed by atoms with Gasteiger partial charge in [-0.25, -0.2) is 0 Å². The number of halogens is 2. The average Bonchev–Trinajstić information content (AvgIpc) is 2.20. The second-order valence-corrected chi connectivity index (χ2v) is 4.57. The molecule has 0 heterocycles. The molecule has 0 bridgehead atoms. The zero-order chi connectivity index (χ0) is 11.3. The van der Waals surface area contributed by atoms with E-state index in [-0.39, 0.29) is 0 Å². The van der Waals surface area contributed by atoms with E-state index < -0.39 is 0 Å². The Morgan fingerprint density at radius 2 is 2.33 bits per heavy atom. The molecule has 4 heteroatoms. The number of hydrogen-bond acceptors (Lipinski definition) is 2. The highest BCUT2D eigenvalue weighted by Gasteiger charge is 2.06. The standard InChI is InChI=1S/C11H13BrClNO/c1-8(12)6-14-7-9-10(13)4-3-5-11(9)15-2/h3-5,14H,1,6-7H2,2H3. The van der Waals surface area contributed by atoms with Crippen LogP contribution in [0.1, 0.15) is 5.56 Å². The third-order valence-corrected chi connectivity index (χ3v) is 2.55. The molecule has 0 aliphatic carbocycles. The monoisotopic (exact) mass is 289 g/mol. The van der Waals surface area contributed by atoms with E-state index in [0.29, 0.717) is 18.1 Å². The average molecular weight is 291 g/mol. The smallest absolute Gasteiger partial charge is 0.124 e. The van der Waals surface area contributed by atoms with Crippen LogP contribution in [0.5, 0.6) is 5.75 Å². The summed E-state index contributed by atoms with van der Waals surface area (Å²) < 4.78 is 6.14. The van der Waals surface area contributed by atoms with Gasteiger partial charge >= 0.3 is 0 Å². The van der Waals surface area contributed by atoms with Crippen molar-refractivity contribution in [2.75, 3.05) is 13.7 Å². The van der Waals surface area contributed by atoms with Gasteiger partial charge in [0.15, 0.2) is 0 Å². The first kappa shape index (κ1) is 12.6. The molecular weight excluding hydrogens is 277 g/mol. The Bertz CT molecular complexity index is 354. The van der Waals surface area contributed by atoms with Crippen molar-refractivity contribution in [1.82, 2.24) is 5.32 Å². The van der Waals surface area contributed by atoms with Crippen LogP contribution in [0.15, 0.2) is 29.3 Å². The molecule has 0 fully saturated rings. The first-order chi connectivity index (χ1) is 7.15. The summed E-state index contributed by atoms with van der Waals surface area (Å²) in [7, 11) is 1.64. The van der Waals surface area contributed by atoms with Gasteiger partial charge < -0.3 is 10.1 Å². The van der Waals surface area contributed by atoms with Crippen molar-refractivity contribution in [1.29, 1.82) is 0 Å². The summed E-state index contributed by atoms with van der Waals surface area (Å²) in [6.45, 7) is 5.10. The number of methoxy groups -OCH3 is 1. The van der Waals surface area contributed by atoms with Gasteiger partial charge in [-0.3, -0.25) is 0 Å². The Hall–Kier alpha value is -0.510. The van der Waals surface area contributed by atoms with Gasteiger partial charge in [-0.15, -0.1) is 0 Å². The Morgan fingerprint density at radius 3 is 2.93 bits per heavy atom. The minimum absolute atomic E-state index is 0.660. The van der Waals surface area contributed by atoms with Crippen LogP contribution in [-0.2, 0) is 6.54 Å². The molecule has 2 nitrogen and oxygen atoms in total. The molecule has 0 aliphatic heterocycles. The Balaban J connectivity index is 2.70. The molecule has 1 aromatic rings. The molecule has 0 amide bonds. The molecule has 0 aliphatic rings. The molecule has 1 N–H and O–H groups in total. The number of ether oxygens (including phenoxy) is 1.